The Kier molecular flexibility index (Phi) is 5.06. The van der Waals surface area contributed by atoms with Crippen LogP contribution in [0, 0.1) is 19.8 Å². The highest BCUT2D eigenvalue weighted by atomic mass is 16.2. The van der Waals surface area contributed by atoms with E-state index in [2.05, 4.69) is 16.2 Å². The Labute approximate surface area is 151 Å². The van der Waals surface area contributed by atoms with Crippen molar-refractivity contribution < 1.29 is 14.4 Å². The molecule has 3 amide bonds. The predicted molar refractivity (Wildman–Crippen MR) is 96.6 cm³/mol. The number of nitrogens with one attached hydrogen (secondary N) is 3. The van der Waals surface area contributed by atoms with Gasteiger partial charge in [0.05, 0.1) is 11.5 Å². The van der Waals surface area contributed by atoms with E-state index in [0.29, 0.717) is 24.9 Å². The Bertz CT molecular complexity index is 832. The molecule has 1 aromatic heterocycles. The first-order chi connectivity index (χ1) is 12.5. The van der Waals surface area contributed by atoms with Crippen LogP contribution in [-0.4, -0.2) is 28.8 Å². The Balaban J connectivity index is 1.67. The second kappa shape index (κ2) is 7.43. The molecule has 0 radical (unpaired) electrons. The van der Waals surface area contributed by atoms with Gasteiger partial charge in [-0.05, 0) is 38.5 Å². The van der Waals surface area contributed by atoms with Crippen LogP contribution in [0.3, 0.4) is 0 Å². The topological polar surface area (TPSA) is 92.2 Å². The highest BCUT2D eigenvalue weighted by Crippen LogP contribution is 2.20. The summed E-state index contributed by atoms with van der Waals surface area (Å²) in [5.74, 6) is -1.04. The highest BCUT2D eigenvalue weighted by molar-refractivity contribution is 5.97. The number of carbonyl (C=O) groups is 3. The maximum absolute atomic E-state index is 12.5. The summed E-state index contributed by atoms with van der Waals surface area (Å²) in [5, 5.41) is 2.65. The summed E-state index contributed by atoms with van der Waals surface area (Å²) in [6.45, 7) is 4.09. The number of aromatic nitrogens is 1. The van der Waals surface area contributed by atoms with Crippen molar-refractivity contribution in [1.29, 1.82) is 0 Å². The first-order valence-corrected chi connectivity index (χ1v) is 8.58. The Hall–Kier alpha value is -3.09. The first-order valence-electron chi connectivity index (χ1n) is 8.58. The molecule has 136 valence electrons. The minimum Gasteiger partial charge on any atom is -0.355 e. The van der Waals surface area contributed by atoms with E-state index in [4.69, 9.17) is 0 Å². The van der Waals surface area contributed by atoms with Crippen molar-refractivity contribution >= 4 is 17.7 Å². The molecule has 7 nitrogen and oxygen atoms in total. The van der Waals surface area contributed by atoms with E-state index < -0.39 is 0 Å². The van der Waals surface area contributed by atoms with Crippen LogP contribution in [0.25, 0.3) is 5.69 Å². The van der Waals surface area contributed by atoms with Crippen LogP contribution in [0.1, 0.15) is 34.6 Å². The zero-order valence-corrected chi connectivity index (χ0v) is 14.8. The first kappa shape index (κ1) is 17.7. The van der Waals surface area contributed by atoms with Gasteiger partial charge in [-0.25, -0.2) is 0 Å². The van der Waals surface area contributed by atoms with Gasteiger partial charge in [0, 0.05) is 30.0 Å². The molecular formula is C19H22N4O3. The summed E-state index contributed by atoms with van der Waals surface area (Å²) in [7, 11) is 0. The molecule has 1 saturated heterocycles. The average molecular weight is 354 g/mol. The smallest absolute Gasteiger partial charge is 0.271 e. The van der Waals surface area contributed by atoms with Crippen LogP contribution in [0.4, 0.5) is 0 Å². The average Bonchev–Trinajstić information content (AvgIpc) is 2.95. The van der Waals surface area contributed by atoms with Gasteiger partial charge in [-0.3, -0.25) is 25.2 Å². The van der Waals surface area contributed by atoms with Gasteiger partial charge in [-0.15, -0.1) is 0 Å². The van der Waals surface area contributed by atoms with Gasteiger partial charge in [0.2, 0.25) is 11.8 Å². The summed E-state index contributed by atoms with van der Waals surface area (Å²) < 4.78 is 1.99. The fraction of sp³-hybridized carbons (Fsp3) is 0.316. The van der Waals surface area contributed by atoms with Gasteiger partial charge in [-0.1, -0.05) is 18.2 Å². The summed E-state index contributed by atoms with van der Waals surface area (Å²) in [6.07, 6.45) is 0.806. The maximum Gasteiger partial charge on any atom is 0.271 e. The van der Waals surface area contributed by atoms with Crippen LogP contribution in [-0.2, 0) is 9.59 Å². The Morgan fingerprint density at radius 2 is 1.88 bits per heavy atom. The molecule has 26 heavy (non-hydrogen) atoms. The number of hydrogen-bond acceptors (Lipinski definition) is 3. The summed E-state index contributed by atoms with van der Waals surface area (Å²) >= 11 is 0. The van der Waals surface area contributed by atoms with E-state index in [1.807, 2.05) is 48.7 Å². The van der Waals surface area contributed by atoms with Crippen molar-refractivity contribution in [3.63, 3.8) is 0 Å². The molecule has 1 aromatic carbocycles. The third-order valence-electron chi connectivity index (χ3n) is 4.63. The molecule has 2 heterocycles. The van der Waals surface area contributed by atoms with Crippen LogP contribution in [0.5, 0.6) is 0 Å². The molecule has 1 fully saturated rings. The lowest BCUT2D eigenvalue weighted by Crippen LogP contribution is -2.49. The van der Waals surface area contributed by atoms with Crippen molar-refractivity contribution in [2.24, 2.45) is 5.92 Å². The maximum atomic E-state index is 12.5. The quantitative estimate of drug-likeness (QED) is 0.727. The zero-order valence-electron chi connectivity index (χ0n) is 14.8. The number of hydrogen-bond donors (Lipinski definition) is 3. The molecule has 7 heteroatoms. The third kappa shape index (κ3) is 3.61. The molecule has 1 aliphatic rings. The van der Waals surface area contributed by atoms with Crippen LogP contribution in [0.2, 0.25) is 0 Å². The number of benzene rings is 1. The van der Waals surface area contributed by atoms with E-state index in [-0.39, 0.29) is 23.6 Å². The van der Waals surface area contributed by atoms with Crippen molar-refractivity contribution in [1.82, 2.24) is 20.7 Å². The van der Waals surface area contributed by atoms with Gasteiger partial charge in [0.25, 0.3) is 5.91 Å². The van der Waals surface area contributed by atoms with Crippen LogP contribution < -0.4 is 16.2 Å². The molecule has 0 saturated carbocycles. The number of aryl methyl sites for hydroxylation is 1. The largest absolute Gasteiger partial charge is 0.355 e. The van der Waals surface area contributed by atoms with E-state index in [0.717, 1.165) is 17.1 Å². The number of nitrogens with zero attached hydrogens (tertiary/aromatic N) is 1. The Morgan fingerprint density at radius 1 is 1.15 bits per heavy atom. The normalized spacial score (nSPS) is 16.7. The van der Waals surface area contributed by atoms with Crippen LogP contribution >= 0.6 is 0 Å². The molecule has 1 aliphatic heterocycles. The minimum atomic E-state index is -0.367. The number of rotatable bonds is 3. The van der Waals surface area contributed by atoms with Gasteiger partial charge < -0.3 is 9.88 Å². The molecule has 1 atom stereocenters. The molecule has 0 aliphatic carbocycles. The summed E-state index contributed by atoms with van der Waals surface area (Å²) in [4.78, 5) is 35.8. The van der Waals surface area contributed by atoms with Crippen LogP contribution in [0.15, 0.2) is 36.4 Å². The second-order valence-corrected chi connectivity index (χ2v) is 6.44. The fourth-order valence-corrected chi connectivity index (χ4v) is 3.21. The molecule has 2 aromatic rings. The zero-order chi connectivity index (χ0) is 18.7. The summed E-state index contributed by atoms with van der Waals surface area (Å²) in [5.41, 5.74) is 8.14. The monoisotopic (exact) mass is 354 g/mol. The van der Waals surface area contributed by atoms with Crippen molar-refractivity contribution in [2.45, 2.75) is 26.7 Å². The number of piperidine rings is 1. The lowest BCUT2D eigenvalue weighted by atomic mass is 9.99. The van der Waals surface area contributed by atoms with Gasteiger partial charge in [0.15, 0.2) is 0 Å². The fourth-order valence-electron chi connectivity index (χ4n) is 3.21. The molecule has 3 rings (SSSR count). The standard InChI is InChI=1S/C19H22N4O3/c1-12-10-16(13(2)23(12)15-6-4-3-5-7-15)19(26)22-21-18(25)14-8-9-17(24)20-11-14/h3-7,10,14H,8-9,11H2,1-2H3,(H,20,24)(H,21,25)(H,22,26). The van der Waals surface area contributed by atoms with E-state index >= 15 is 0 Å². The van der Waals surface area contributed by atoms with Gasteiger partial charge >= 0.3 is 0 Å². The van der Waals surface area contributed by atoms with Crippen molar-refractivity contribution in [3.05, 3.63) is 53.3 Å². The van der Waals surface area contributed by atoms with Crippen molar-refractivity contribution in [3.8, 4) is 5.69 Å². The Morgan fingerprint density at radius 3 is 2.54 bits per heavy atom. The van der Waals surface area contributed by atoms with E-state index in [1.165, 1.54) is 0 Å². The lowest BCUT2D eigenvalue weighted by molar-refractivity contribution is -0.129. The lowest BCUT2D eigenvalue weighted by Gasteiger charge is -2.21. The predicted octanol–water partition coefficient (Wildman–Crippen LogP) is 1.38. The van der Waals surface area contributed by atoms with Gasteiger partial charge in [-0.2, -0.15) is 0 Å². The van der Waals surface area contributed by atoms with Gasteiger partial charge in [0.1, 0.15) is 0 Å². The SMILES string of the molecule is Cc1cc(C(=O)NNC(=O)C2CCC(=O)NC2)c(C)n1-c1ccccc1. The number of hydrazine groups is 1. The minimum absolute atomic E-state index is 0.0496. The van der Waals surface area contributed by atoms with E-state index in [9.17, 15) is 14.4 Å². The number of amides is 3. The molecular weight excluding hydrogens is 332 g/mol. The highest BCUT2D eigenvalue weighted by Gasteiger charge is 2.25. The van der Waals surface area contributed by atoms with E-state index in [1.54, 1.807) is 6.07 Å². The second-order valence-electron chi connectivity index (χ2n) is 6.44. The molecule has 0 bridgehead atoms. The molecule has 1 unspecified atom stereocenters. The third-order valence-corrected chi connectivity index (χ3v) is 4.63. The molecule has 3 N–H and O–H groups in total. The molecule has 0 spiro atoms. The van der Waals surface area contributed by atoms with Crippen molar-refractivity contribution in [2.75, 3.05) is 6.54 Å². The number of carbonyl (C=O) groups excluding carboxylic acids is 3. The number of para-hydroxylation sites is 1. The summed E-state index contributed by atoms with van der Waals surface area (Å²) in [6, 6.07) is 11.6.